The van der Waals surface area contributed by atoms with Crippen LogP contribution in [0.15, 0.2) is 30.3 Å². The maximum absolute atomic E-state index is 12.6. The first-order valence-corrected chi connectivity index (χ1v) is 6.84. The lowest BCUT2D eigenvalue weighted by Gasteiger charge is -2.23. The summed E-state index contributed by atoms with van der Waals surface area (Å²) in [6.45, 7) is 0.755. The topological polar surface area (TPSA) is 36.1 Å². The molecule has 114 valence electrons. The molecular formula is C15H17F3N2O. The van der Waals surface area contributed by atoms with Crippen LogP contribution < -0.4 is 0 Å². The van der Waals surface area contributed by atoms with Gasteiger partial charge in [0, 0.05) is 17.4 Å². The van der Waals surface area contributed by atoms with E-state index in [0.717, 1.165) is 22.2 Å². The molecule has 0 atom stereocenters. The molecule has 0 unspecified atom stereocenters. The molecule has 6 heteroatoms. The Morgan fingerprint density at radius 1 is 1.29 bits per heavy atom. The van der Waals surface area contributed by atoms with E-state index in [2.05, 4.69) is 4.98 Å². The zero-order valence-electron chi connectivity index (χ0n) is 11.7. The summed E-state index contributed by atoms with van der Waals surface area (Å²) >= 11 is 0. The highest BCUT2D eigenvalue weighted by atomic mass is 19.4. The third-order valence-corrected chi connectivity index (χ3v) is 3.20. The number of fused-ring (bicyclic) bond motifs is 1. The number of nitrogens with zero attached hydrogens (tertiary/aromatic N) is 1. The molecule has 0 bridgehead atoms. The zero-order valence-corrected chi connectivity index (χ0v) is 11.7. The predicted molar refractivity (Wildman–Crippen MR) is 75.2 cm³/mol. The Labute approximate surface area is 120 Å². The summed E-state index contributed by atoms with van der Waals surface area (Å²) in [7, 11) is 0. The fourth-order valence-corrected chi connectivity index (χ4v) is 2.18. The van der Waals surface area contributed by atoms with Crippen LogP contribution in [-0.2, 0) is 0 Å². The molecule has 0 fully saturated rings. The maximum Gasteiger partial charge on any atom is 0.406 e. The minimum absolute atomic E-state index is 0.101. The van der Waals surface area contributed by atoms with E-state index in [1.807, 2.05) is 19.1 Å². The van der Waals surface area contributed by atoms with E-state index < -0.39 is 18.6 Å². The van der Waals surface area contributed by atoms with E-state index in [4.69, 9.17) is 0 Å². The van der Waals surface area contributed by atoms with Gasteiger partial charge in [0.05, 0.1) is 0 Å². The third-order valence-electron chi connectivity index (χ3n) is 3.20. The minimum Gasteiger partial charge on any atom is -0.351 e. The van der Waals surface area contributed by atoms with E-state index in [-0.39, 0.29) is 12.2 Å². The number of halogens is 3. The molecule has 1 amide bonds. The van der Waals surface area contributed by atoms with E-state index in [9.17, 15) is 18.0 Å². The second-order valence-electron chi connectivity index (χ2n) is 4.97. The predicted octanol–water partition coefficient (Wildman–Crippen LogP) is 3.97. The summed E-state index contributed by atoms with van der Waals surface area (Å²) in [5.74, 6) is -0.614. The first-order valence-electron chi connectivity index (χ1n) is 6.84. The summed E-state index contributed by atoms with van der Waals surface area (Å²) in [6, 6.07) is 8.80. The van der Waals surface area contributed by atoms with Gasteiger partial charge in [-0.25, -0.2) is 0 Å². The summed E-state index contributed by atoms with van der Waals surface area (Å²) in [5.41, 5.74) is 0.930. The lowest BCUT2D eigenvalue weighted by Crippen LogP contribution is -2.39. The van der Waals surface area contributed by atoms with Crippen LogP contribution >= 0.6 is 0 Å². The number of aromatic nitrogens is 1. The van der Waals surface area contributed by atoms with Gasteiger partial charge in [-0.05, 0) is 18.6 Å². The van der Waals surface area contributed by atoms with Gasteiger partial charge >= 0.3 is 6.18 Å². The SMILES string of the molecule is CCCCN(CC(F)(F)F)C(=O)c1cc2ccccc2[nH]1. The summed E-state index contributed by atoms with van der Waals surface area (Å²) in [6.07, 6.45) is -3.12. The third kappa shape index (κ3) is 4.00. The van der Waals surface area contributed by atoms with Gasteiger partial charge in [-0.3, -0.25) is 4.79 Å². The number of amides is 1. The number of para-hydroxylation sites is 1. The Hall–Kier alpha value is -1.98. The smallest absolute Gasteiger partial charge is 0.351 e. The molecule has 0 aliphatic rings. The van der Waals surface area contributed by atoms with Crippen LogP contribution in [0.5, 0.6) is 0 Å². The van der Waals surface area contributed by atoms with Crippen molar-refractivity contribution in [1.82, 2.24) is 9.88 Å². The van der Waals surface area contributed by atoms with Gasteiger partial charge in [0.25, 0.3) is 5.91 Å². The minimum atomic E-state index is -4.39. The van der Waals surface area contributed by atoms with Crippen molar-refractivity contribution in [2.45, 2.75) is 25.9 Å². The molecule has 0 spiro atoms. The number of nitrogens with one attached hydrogen (secondary N) is 1. The van der Waals surface area contributed by atoms with Crippen molar-refractivity contribution in [3.63, 3.8) is 0 Å². The Kier molecular flexibility index (Phi) is 4.55. The van der Waals surface area contributed by atoms with E-state index in [1.165, 1.54) is 0 Å². The average molecular weight is 298 g/mol. The quantitative estimate of drug-likeness (QED) is 0.890. The van der Waals surface area contributed by atoms with Crippen molar-refractivity contribution in [2.75, 3.05) is 13.1 Å². The van der Waals surface area contributed by atoms with Crippen molar-refractivity contribution in [3.05, 3.63) is 36.0 Å². The van der Waals surface area contributed by atoms with Gasteiger partial charge in [-0.2, -0.15) is 13.2 Å². The van der Waals surface area contributed by atoms with Gasteiger partial charge < -0.3 is 9.88 Å². The molecule has 2 aromatic rings. The van der Waals surface area contributed by atoms with Gasteiger partial charge in [-0.15, -0.1) is 0 Å². The number of unbranched alkanes of at least 4 members (excludes halogenated alkanes) is 1. The molecule has 0 radical (unpaired) electrons. The molecule has 2 rings (SSSR count). The van der Waals surface area contributed by atoms with Gasteiger partial charge in [0.2, 0.25) is 0 Å². The first kappa shape index (κ1) is 15.4. The lowest BCUT2D eigenvalue weighted by atomic mass is 10.2. The van der Waals surface area contributed by atoms with Crippen molar-refractivity contribution in [3.8, 4) is 0 Å². The Balaban J connectivity index is 2.23. The largest absolute Gasteiger partial charge is 0.406 e. The van der Waals surface area contributed by atoms with Crippen LogP contribution in [0.1, 0.15) is 30.3 Å². The standard InChI is InChI=1S/C15H17F3N2O/c1-2-3-8-20(10-15(16,17)18)14(21)13-9-11-6-4-5-7-12(11)19-13/h4-7,9,19H,2-3,8,10H2,1H3. The maximum atomic E-state index is 12.6. The van der Waals surface area contributed by atoms with Crippen molar-refractivity contribution < 1.29 is 18.0 Å². The van der Waals surface area contributed by atoms with Crippen LogP contribution in [0.4, 0.5) is 13.2 Å². The fourth-order valence-electron chi connectivity index (χ4n) is 2.18. The molecular weight excluding hydrogens is 281 g/mol. The zero-order chi connectivity index (χ0) is 15.5. The molecule has 0 aliphatic carbocycles. The highest BCUT2D eigenvalue weighted by molar-refractivity contribution is 5.98. The molecule has 0 saturated carbocycles. The normalized spacial score (nSPS) is 11.8. The van der Waals surface area contributed by atoms with Crippen molar-refractivity contribution >= 4 is 16.8 Å². The number of carbonyl (C=O) groups is 1. The van der Waals surface area contributed by atoms with Crippen molar-refractivity contribution in [2.24, 2.45) is 0 Å². The summed E-state index contributed by atoms with van der Waals surface area (Å²) in [5, 5.41) is 0.809. The van der Waals surface area contributed by atoms with E-state index in [0.29, 0.717) is 6.42 Å². The molecule has 3 nitrogen and oxygen atoms in total. The van der Waals surface area contributed by atoms with Crippen LogP contribution in [0.25, 0.3) is 10.9 Å². The highest BCUT2D eigenvalue weighted by Gasteiger charge is 2.33. The summed E-state index contributed by atoms with van der Waals surface area (Å²) < 4.78 is 37.8. The van der Waals surface area contributed by atoms with Crippen LogP contribution in [0.3, 0.4) is 0 Å². The number of hydrogen-bond acceptors (Lipinski definition) is 1. The number of hydrogen-bond donors (Lipinski definition) is 1. The second kappa shape index (κ2) is 6.20. The Morgan fingerprint density at radius 2 is 2.00 bits per heavy atom. The van der Waals surface area contributed by atoms with E-state index in [1.54, 1.807) is 18.2 Å². The molecule has 0 aliphatic heterocycles. The Bertz CT molecular complexity index is 586. The number of benzene rings is 1. The second-order valence-corrected chi connectivity index (χ2v) is 4.97. The van der Waals surface area contributed by atoms with Crippen LogP contribution in [0.2, 0.25) is 0 Å². The Morgan fingerprint density at radius 3 is 2.62 bits per heavy atom. The number of aromatic amines is 1. The molecule has 1 aromatic carbocycles. The first-order chi connectivity index (χ1) is 9.90. The van der Waals surface area contributed by atoms with Gasteiger partial charge in [0.1, 0.15) is 12.2 Å². The fraction of sp³-hybridized carbons (Fsp3) is 0.400. The average Bonchev–Trinajstić information content (AvgIpc) is 2.85. The summed E-state index contributed by atoms with van der Waals surface area (Å²) in [4.78, 5) is 16.0. The van der Waals surface area contributed by atoms with E-state index >= 15 is 0 Å². The van der Waals surface area contributed by atoms with Crippen LogP contribution in [-0.4, -0.2) is 35.1 Å². The van der Waals surface area contributed by atoms with Gasteiger partial charge in [0.15, 0.2) is 0 Å². The number of H-pyrrole nitrogens is 1. The number of rotatable bonds is 5. The lowest BCUT2D eigenvalue weighted by molar-refractivity contribution is -0.140. The van der Waals surface area contributed by atoms with Crippen LogP contribution in [0, 0.1) is 0 Å². The monoisotopic (exact) mass is 298 g/mol. The molecule has 1 heterocycles. The molecule has 1 aromatic heterocycles. The molecule has 0 saturated heterocycles. The van der Waals surface area contributed by atoms with Gasteiger partial charge in [-0.1, -0.05) is 31.5 Å². The van der Waals surface area contributed by atoms with Crippen molar-refractivity contribution in [1.29, 1.82) is 0 Å². The molecule has 21 heavy (non-hydrogen) atoms. The molecule has 1 N–H and O–H groups in total. The highest BCUT2D eigenvalue weighted by Crippen LogP contribution is 2.20. The number of carbonyl (C=O) groups excluding carboxylic acids is 1. The number of alkyl halides is 3.